The fourth-order valence-electron chi connectivity index (χ4n) is 3.03. The lowest BCUT2D eigenvalue weighted by molar-refractivity contribution is -0.383. The zero-order valence-electron chi connectivity index (χ0n) is 14.1. The summed E-state index contributed by atoms with van der Waals surface area (Å²) in [6, 6.07) is 6.73. The standard InChI is InChI=1S/C17H22N4O4/c1-12-9-15(14-3-2-4-16(21(23)24)17(14)19-12)18-10-13(22)11-20-5-7-25-8-6-20/h2-4,9,13,22H,5-8,10-11H2,1H3,(H,18,19). The number of para-hydroxylation sites is 1. The third-order valence-electron chi connectivity index (χ3n) is 4.24. The number of nitro benzene ring substituents is 1. The summed E-state index contributed by atoms with van der Waals surface area (Å²) in [5.74, 6) is 0. The summed E-state index contributed by atoms with van der Waals surface area (Å²) in [5.41, 5.74) is 1.77. The van der Waals surface area contributed by atoms with Gasteiger partial charge in [-0.05, 0) is 13.0 Å². The second kappa shape index (κ2) is 7.73. The molecular weight excluding hydrogens is 324 g/mol. The first kappa shape index (κ1) is 17.5. The van der Waals surface area contributed by atoms with Gasteiger partial charge in [-0.3, -0.25) is 15.0 Å². The van der Waals surface area contributed by atoms with Crippen molar-refractivity contribution in [1.29, 1.82) is 0 Å². The molecule has 8 heteroatoms. The van der Waals surface area contributed by atoms with Crippen LogP contribution in [0.3, 0.4) is 0 Å². The fraction of sp³-hybridized carbons (Fsp3) is 0.471. The third kappa shape index (κ3) is 4.22. The van der Waals surface area contributed by atoms with Crippen LogP contribution in [0.4, 0.5) is 11.4 Å². The van der Waals surface area contributed by atoms with Gasteiger partial charge >= 0.3 is 0 Å². The lowest BCUT2D eigenvalue weighted by Crippen LogP contribution is -2.42. The van der Waals surface area contributed by atoms with E-state index in [1.165, 1.54) is 6.07 Å². The normalized spacial score (nSPS) is 16.7. The molecule has 134 valence electrons. The molecular formula is C17H22N4O4. The van der Waals surface area contributed by atoms with Crippen molar-refractivity contribution in [2.24, 2.45) is 0 Å². The van der Waals surface area contributed by atoms with Crippen molar-refractivity contribution < 1.29 is 14.8 Å². The molecule has 25 heavy (non-hydrogen) atoms. The number of nitro groups is 1. The van der Waals surface area contributed by atoms with Gasteiger partial charge in [0, 0.05) is 49.0 Å². The third-order valence-corrected chi connectivity index (χ3v) is 4.24. The van der Waals surface area contributed by atoms with Crippen molar-refractivity contribution in [1.82, 2.24) is 9.88 Å². The largest absolute Gasteiger partial charge is 0.390 e. The molecule has 1 saturated heterocycles. The van der Waals surface area contributed by atoms with Gasteiger partial charge in [-0.15, -0.1) is 0 Å². The number of pyridine rings is 1. The van der Waals surface area contributed by atoms with Crippen LogP contribution in [-0.2, 0) is 4.74 Å². The van der Waals surface area contributed by atoms with E-state index in [1.54, 1.807) is 19.1 Å². The smallest absolute Gasteiger partial charge is 0.295 e. The van der Waals surface area contributed by atoms with Crippen LogP contribution in [0.5, 0.6) is 0 Å². The van der Waals surface area contributed by atoms with Gasteiger partial charge in [-0.1, -0.05) is 12.1 Å². The first-order chi connectivity index (χ1) is 12.0. The van der Waals surface area contributed by atoms with E-state index in [2.05, 4.69) is 15.2 Å². The molecule has 3 rings (SSSR count). The minimum atomic E-state index is -0.541. The van der Waals surface area contributed by atoms with Crippen LogP contribution < -0.4 is 5.32 Å². The Labute approximate surface area is 145 Å². The average molecular weight is 346 g/mol. The number of rotatable bonds is 6. The highest BCUT2D eigenvalue weighted by Gasteiger charge is 2.17. The minimum Gasteiger partial charge on any atom is -0.390 e. The van der Waals surface area contributed by atoms with E-state index in [4.69, 9.17) is 4.74 Å². The van der Waals surface area contributed by atoms with Crippen molar-refractivity contribution in [3.8, 4) is 0 Å². The fourth-order valence-corrected chi connectivity index (χ4v) is 3.03. The molecule has 8 nitrogen and oxygen atoms in total. The predicted molar refractivity (Wildman–Crippen MR) is 94.9 cm³/mol. The van der Waals surface area contributed by atoms with E-state index >= 15 is 0 Å². The molecule has 1 unspecified atom stereocenters. The van der Waals surface area contributed by atoms with Gasteiger partial charge in [0.15, 0.2) is 5.52 Å². The maximum Gasteiger partial charge on any atom is 0.295 e. The van der Waals surface area contributed by atoms with Crippen LogP contribution >= 0.6 is 0 Å². The minimum absolute atomic E-state index is 0.0156. The van der Waals surface area contributed by atoms with Gasteiger partial charge in [0.2, 0.25) is 0 Å². The van der Waals surface area contributed by atoms with Crippen LogP contribution in [0, 0.1) is 17.0 Å². The van der Waals surface area contributed by atoms with Gasteiger partial charge in [-0.2, -0.15) is 0 Å². The SMILES string of the molecule is Cc1cc(NCC(O)CN2CCOCC2)c2cccc([N+](=O)[O-])c2n1. The molecule has 0 radical (unpaired) electrons. The molecule has 0 spiro atoms. The highest BCUT2D eigenvalue weighted by molar-refractivity contribution is 5.96. The van der Waals surface area contributed by atoms with Gasteiger partial charge in [0.1, 0.15) is 0 Å². The molecule has 1 atom stereocenters. The van der Waals surface area contributed by atoms with E-state index < -0.39 is 11.0 Å². The molecule has 0 saturated carbocycles. The second-order valence-corrected chi connectivity index (χ2v) is 6.19. The lowest BCUT2D eigenvalue weighted by atomic mass is 10.1. The van der Waals surface area contributed by atoms with Gasteiger partial charge < -0.3 is 15.2 Å². The predicted octanol–water partition coefficient (Wildman–Crippen LogP) is 1.56. The molecule has 1 aromatic carbocycles. The number of β-amino-alcohol motifs (C(OH)–C–C–N with tert-alkyl or cyclic N) is 1. The number of nitrogens with zero attached hydrogens (tertiary/aromatic N) is 3. The Hall–Kier alpha value is -2.29. The van der Waals surface area contributed by atoms with Crippen molar-refractivity contribution in [3.05, 3.63) is 40.1 Å². The monoisotopic (exact) mass is 346 g/mol. The number of morpholine rings is 1. The molecule has 2 aromatic rings. The average Bonchev–Trinajstić information content (AvgIpc) is 2.59. The van der Waals surface area contributed by atoms with Gasteiger partial charge in [-0.25, -0.2) is 4.98 Å². The van der Waals surface area contributed by atoms with E-state index in [1.807, 2.05) is 6.07 Å². The van der Waals surface area contributed by atoms with Crippen molar-refractivity contribution in [2.75, 3.05) is 44.7 Å². The van der Waals surface area contributed by atoms with Gasteiger partial charge in [0.05, 0.1) is 24.2 Å². The number of non-ortho nitro benzene ring substituents is 1. The number of ether oxygens (including phenoxy) is 1. The summed E-state index contributed by atoms with van der Waals surface area (Å²) in [5, 5.41) is 25.4. The van der Waals surface area contributed by atoms with E-state index in [9.17, 15) is 15.2 Å². The first-order valence-corrected chi connectivity index (χ1v) is 8.31. The first-order valence-electron chi connectivity index (χ1n) is 8.31. The topological polar surface area (TPSA) is 101 Å². The molecule has 1 aliphatic heterocycles. The number of aliphatic hydroxyl groups excluding tert-OH is 1. The van der Waals surface area contributed by atoms with Crippen molar-refractivity contribution >= 4 is 22.3 Å². The number of fused-ring (bicyclic) bond motifs is 1. The quantitative estimate of drug-likeness (QED) is 0.604. The van der Waals surface area contributed by atoms with Crippen molar-refractivity contribution in [3.63, 3.8) is 0 Å². The number of hydrogen-bond acceptors (Lipinski definition) is 7. The van der Waals surface area contributed by atoms with E-state index in [0.717, 1.165) is 18.8 Å². The number of aromatic nitrogens is 1. The van der Waals surface area contributed by atoms with E-state index in [0.29, 0.717) is 42.9 Å². The molecule has 0 amide bonds. The van der Waals surface area contributed by atoms with Crippen LogP contribution in [0.25, 0.3) is 10.9 Å². The summed E-state index contributed by atoms with van der Waals surface area (Å²) in [4.78, 5) is 17.3. The van der Waals surface area contributed by atoms with Crippen LogP contribution in [0.15, 0.2) is 24.3 Å². The lowest BCUT2D eigenvalue weighted by Gasteiger charge is -2.28. The Morgan fingerprint density at radius 1 is 1.44 bits per heavy atom. The number of benzene rings is 1. The summed E-state index contributed by atoms with van der Waals surface area (Å²) in [6.07, 6.45) is -0.541. The number of aryl methyl sites for hydroxylation is 1. The molecule has 2 N–H and O–H groups in total. The summed E-state index contributed by atoms with van der Waals surface area (Å²) in [7, 11) is 0. The number of anilines is 1. The number of aliphatic hydroxyl groups is 1. The highest BCUT2D eigenvalue weighted by Crippen LogP contribution is 2.29. The molecule has 2 heterocycles. The molecule has 1 fully saturated rings. The van der Waals surface area contributed by atoms with Crippen LogP contribution in [0.1, 0.15) is 5.69 Å². The molecule has 0 aliphatic carbocycles. The molecule has 1 aromatic heterocycles. The molecule has 1 aliphatic rings. The Morgan fingerprint density at radius 3 is 2.92 bits per heavy atom. The number of hydrogen-bond donors (Lipinski definition) is 2. The van der Waals surface area contributed by atoms with E-state index in [-0.39, 0.29) is 5.69 Å². The molecule has 0 bridgehead atoms. The summed E-state index contributed by atoms with van der Waals surface area (Å²) < 4.78 is 5.30. The van der Waals surface area contributed by atoms with Crippen molar-refractivity contribution in [2.45, 2.75) is 13.0 Å². The van der Waals surface area contributed by atoms with Crippen LogP contribution in [-0.4, -0.2) is 65.4 Å². The number of nitrogens with one attached hydrogen (secondary N) is 1. The second-order valence-electron chi connectivity index (χ2n) is 6.19. The van der Waals surface area contributed by atoms with Gasteiger partial charge in [0.25, 0.3) is 5.69 Å². The highest BCUT2D eigenvalue weighted by atomic mass is 16.6. The Kier molecular flexibility index (Phi) is 5.42. The zero-order valence-corrected chi connectivity index (χ0v) is 14.1. The maximum atomic E-state index is 11.2. The van der Waals surface area contributed by atoms with Crippen LogP contribution in [0.2, 0.25) is 0 Å². The summed E-state index contributed by atoms with van der Waals surface area (Å²) in [6.45, 7) is 5.75. The maximum absolute atomic E-state index is 11.2. The Bertz CT molecular complexity index is 762. The Morgan fingerprint density at radius 2 is 2.20 bits per heavy atom. The summed E-state index contributed by atoms with van der Waals surface area (Å²) >= 11 is 0. The zero-order chi connectivity index (χ0) is 17.8. The Balaban J connectivity index is 1.74.